The van der Waals surface area contributed by atoms with Crippen LogP contribution in [0.5, 0.6) is 5.75 Å². The Labute approximate surface area is 139 Å². The molecule has 0 fully saturated rings. The van der Waals surface area contributed by atoms with Gasteiger partial charge in [0.2, 0.25) is 0 Å². The fraction of sp³-hybridized carbons (Fsp3) is 0.333. The summed E-state index contributed by atoms with van der Waals surface area (Å²) in [6, 6.07) is 0. The summed E-state index contributed by atoms with van der Waals surface area (Å²) >= 11 is 0. The number of alkyl halides is 9. The van der Waals surface area contributed by atoms with E-state index in [1.807, 2.05) is 0 Å². The largest absolute Gasteiger partial charge is 0.460 e. The van der Waals surface area contributed by atoms with Crippen LogP contribution in [0.1, 0.15) is 20.7 Å². The van der Waals surface area contributed by atoms with Crippen LogP contribution in [-0.2, 0) is 0 Å². The first-order valence-corrected chi connectivity index (χ1v) is 5.97. The van der Waals surface area contributed by atoms with Crippen molar-refractivity contribution in [3.05, 3.63) is 28.6 Å². The Hall–Kier alpha value is -2.48. The number of carbonyl (C=O) groups is 2. The molecule has 0 aliphatic carbocycles. The molecule has 0 N–H and O–H groups in total. The lowest BCUT2D eigenvalue weighted by Crippen LogP contribution is -2.69. The summed E-state index contributed by atoms with van der Waals surface area (Å²) in [5, 5.41) is 0. The van der Waals surface area contributed by atoms with Gasteiger partial charge in [0.05, 0.1) is 11.1 Å². The van der Waals surface area contributed by atoms with Gasteiger partial charge < -0.3 is 4.74 Å². The highest BCUT2D eigenvalue weighted by Crippen LogP contribution is 2.55. The molecule has 0 amide bonds. The van der Waals surface area contributed by atoms with E-state index in [2.05, 4.69) is 4.74 Å². The molecule has 1 aromatic rings. The van der Waals surface area contributed by atoms with Crippen LogP contribution in [-0.4, -0.2) is 36.7 Å². The van der Waals surface area contributed by atoms with Gasteiger partial charge in [0.25, 0.3) is 0 Å². The molecule has 0 aliphatic rings. The Morgan fingerprint density at radius 1 is 0.593 bits per heavy atom. The first-order chi connectivity index (χ1) is 12.0. The van der Waals surface area contributed by atoms with E-state index < -0.39 is 71.0 Å². The summed E-state index contributed by atoms with van der Waals surface area (Å²) < 4.78 is 158. The van der Waals surface area contributed by atoms with E-state index in [1.165, 1.54) is 0 Å². The average Bonchev–Trinajstić information content (AvgIpc) is 2.46. The molecule has 3 nitrogen and oxygen atoms in total. The number of carbonyl (C=O) groups excluding carboxylic acids is 2. The first-order valence-electron chi connectivity index (χ1n) is 5.97. The molecule has 0 heterocycles. The van der Waals surface area contributed by atoms with Gasteiger partial charge in [-0.2, -0.15) is 39.5 Å². The molecule has 152 valence electrons. The maximum Gasteiger partial charge on any atom is 0.447 e. The fourth-order valence-corrected chi connectivity index (χ4v) is 1.81. The van der Waals surface area contributed by atoms with Crippen molar-refractivity contribution in [1.82, 2.24) is 0 Å². The molecule has 1 aromatic carbocycles. The topological polar surface area (TPSA) is 43.4 Å². The van der Waals surface area contributed by atoms with Gasteiger partial charge in [-0.1, -0.05) is 0 Å². The SMILES string of the molecule is O=Cc1c(F)c(F)c(F)c(C=O)c1OC(C(F)(F)F)(C(F)(F)F)C(F)(F)F. The van der Waals surface area contributed by atoms with Crippen molar-refractivity contribution in [2.24, 2.45) is 0 Å². The molecule has 0 saturated heterocycles. The molecule has 0 saturated carbocycles. The molecule has 0 radical (unpaired) electrons. The lowest BCUT2D eigenvalue weighted by Gasteiger charge is -2.38. The second kappa shape index (κ2) is 6.60. The maximum atomic E-state index is 13.4. The van der Waals surface area contributed by atoms with E-state index in [0.717, 1.165) is 0 Å². The number of ether oxygens (including phenoxy) is 1. The van der Waals surface area contributed by atoms with Gasteiger partial charge >= 0.3 is 24.1 Å². The van der Waals surface area contributed by atoms with Crippen molar-refractivity contribution in [2.45, 2.75) is 24.1 Å². The Morgan fingerprint density at radius 2 is 0.889 bits per heavy atom. The third-order valence-corrected chi connectivity index (χ3v) is 3.04. The Balaban J connectivity index is 4.06. The molecule has 1 rings (SSSR count). The maximum absolute atomic E-state index is 13.4. The summed E-state index contributed by atoms with van der Waals surface area (Å²) in [5.41, 5.74) is -11.7. The highest BCUT2D eigenvalue weighted by atomic mass is 19.4. The van der Waals surface area contributed by atoms with Gasteiger partial charge in [0.15, 0.2) is 30.0 Å². The molecular weight excluding hydrogens is 420 g/mol. The molecule has 0 atom stereocenters. The summed E-state index contributed by atoms with van der Waals surface area (Å²) in [5.74, 6) is -11.0. The minimum Gasteiger partial charge on any atom is -0.460 e. The predicted molar refractivity (Wildman–Crippen MR) is 58.6 cm³/mol. The number of aldehydes is 2. The molecule has 0 unspecified atom stereocenters. The predicted octanol–water partition coefficient (Wildman–Crippen LogP) is 4.53. The van der Waals surface area contributed by atoms with Crippen LogP contribution in [0.3, 0.4) is 0 Å². The number of hydrogen-bond acceptors (Lipinski definition) is 3. The third kappa shape index (κ3) is 3.29. The van der Waals surface area contributed by atoms with Crippen LogP contribution in [0.25, 0.3) is 0 Å². The Bertz CT molecular complexity index is 688. The van der Waals surface area contributed by atoms with Crippen LogP contribution >= 0.6 is 0 Å². The highest BCUT2D eigenvalue weighted by Gasteiger charge is 2.87. The van der Waals surface area contributed by atoms with Gasteiger partial charge in [0, 0.05) is 0 Å². The van der Waals surface area contributed by atoms with E-state index in [-0.39, 0.29) is 0 Å². The normalized spacial score (nSPS) is 13.5. The minimum absolute atomic E-state index is 1.06. The van der Waals surface area contributed by atoms with Crippen molar-refractivity contribution in [3.8, 4) is 5.75 Å². The van der Waals surface area contributed by atoms with Gasteiger partial charge in [-0.15, -0.1) is 0 Å². The first kappa shape index (κ1) is 22.6. The molecule has 0 aromatic heterocycles. The van der Waals surface area contributed by atoms with E-state index in [0.29, 0.717) is 0 Å². The van der Waals surface area contributed by atoms with Crippen LogP contribution in [0.15, 0.2) is 0 Å². The highest BCUT2D eigenvalue weighted by molar-refractivity contribution is 5.89. The molecule has 0 aliphatic heterocycles. The zero-order chi connectivity index (χ0) is 21.6. The third-order valence-electron chi connectivity index (χ3n) is 3.04. The molecular formula is C12H2F12O3. The average molecular weight is 422 g/mol. The lowest BCUT2D eigenvalue weighted by atomic mass is 10.00. The summed E-state index contributed by atoms with van der Waals surface area (Å²) in [6.45, 7) is 0. The summed E-state index contributed by atoms with van der Waals surface area (Å²) in [7, 11) is 0. The van der Waals surface area contributed by atoms with Crippen molar-refractivity contribution < 1.29 is 67.0 Å². The van der Waals surface area contributed by atoms with E-state index >= 15 is 0 Å². The Kier molecular flexibility index (Phi) is 5.51. The second-order valence-corrected chi connectivity index (χ2v) is 4.61. The molecule has 15 heteroatoms. The van der Waals surface area contributed by atoms with Crippen molar-refractivity contribution in [3.63, 3.8) is 0 Å². The fourth-order valence-electron chi connectivity index (χ4n) is 1.81. The second-order valence-electron chi connectivity index (χ2n) is 4.61. The number of hydrogen-bond donors (Lipinski definition) is 0. The van der Waals surface area contributed by atoms with Crippen LogP contribution in [0.4, 0.5) is 52.7 Å². The van der Waals surface area contributed by atoms with Gasteiger partial charge in [-0.05, 0) is 0 Å². The zero-order valence-electron chi connectivity index (χ0n) is 11.9. The quantitative estimate of drug-likeness (QED) is 0.407. The number of halogens is 12. The Morgan fingerprint density at radius 3 is 1.11 bits per heavy atom. The van der Waals surface area contributed by atoms with Crippen molar-refractivity contribution in [2.75, 3.05) is 0 Å². The summed E-state index contributed by atoms with van der Waals surface area (Å²) in [4.78, 5) is 21.3. The van der Waals surface area contributed by atoms with E-state index in [1.54, 1.807) is 0 Å². The van der Waals surface area contributed by atoms with Gasteiger partial charge in [-0.3, -0.25) is 9.59 Å². The van der Waals surface area contributed by atoms with E-state index in [9.17, 15) is 62.3 Å². The number of rotatable bonds is 4. The van der Waals surface area contributed by atoms with E-state index in [4.69, 9.17) is 0 Å². The van der Waals surface area contributed by atoms with Gasteiger partial charge in [-0.25, -0.2) is 13.2 Å². The van der Waals surface area contributed by atoms with Crippen LogP contribution in [0.2, 0.25) is 0 Å². The minimum atomic E-state index is -7.34. The van der Waals surface area contributed by atoms with Crippen LogP contribution in [0, 0.1) is 17.5 Å². The molecule has 0 bridgehead atoms. The number of benzene rings is 1. The molecule has 27 heavy (non-hydrogen) atoms. The van der Waals surface area contributed by atoms with Gasteiger partial charge in [0.1, 0.15) is 5.75 Å². The summed E-state index contributed by atoms with van der Waals surface area (Å²) in [6.07, 6.45) is -24.1. The standard InChI is InChI=1S/C12H2F12O3/c13-5-3(1-25)8(4(2-26)6(14)7(5)15)27-9(10(16,17)18,11(19,20)21)12(22,23)24/h1-2H. The van der Waals surface area contributed by atoms with Crippen LogP contribution < -0.4 is 4.74 Å². The van der Waals surface area contributed by atoms with Crippen molar-refractivity contribution >= 4 is 12.6 Å². The lowest BCUT2D eigenvalue weighted by molar-refractivity contribution is -0.436. The molecule has 0 spiro atoms. The smallest absolute Gasteiger partial charge is 0.447 e. The zero-order valence-corrected chi connectivity index (χ0v) is 11.9. The monoisotopic (exact) mass is 422 g/mol. The van der Waals surface area contributed by atoms with Crippen molar-refractivity contribution in [1.29, 1.82) is 0 Å².